The molecule has 122 valence electrons. The van der Waals surface area contributed by atoms with Crippen LogP contribution >= 0.6 is 22.9 Å². The number of halogens is 1. The SMILES string of the molecule is O=C(c1ccc(Cl)s1)N1CCCCC1CCN1CCOCC1. The Labute approximate surface area is 141 Å². The molecule has 0 bridgehead atoms. The molecule has 0 radical (unpaired) electrons. The quantitative estimate of drug-likeness (QED) is 0.842. The minimum absolute atomic E-state index is 0.156. The van der Waals surface area contributed by atoms with E-state index in [9.17, 15) is 4.79 Å². The highest BCUT2D eigenvalue weighted by molar-refractivity contribution is 7.17. The second-order valence-corrected chi connectivity index (χ2v) is 7.71. The van der Waals surface area contributed by atoms with Gasteiger partial charge in [-0.05, 0) is 37.8 Å². The topological polar surface area (TPSA) is 32.8 Å². The molecule has 1 amide bonds. The van der Waals surface area contributed by atoms with E-state index in [1.165, 1.54) is 17.8 Å². The first kappa shape index (κ1) is 16.2. The van der Waals surface area contributed by atoms with E-state index in [2.05, 4.69) is 9.80 Å². The first-order valence-electron chi connectivity index (χ1n) is 8.10. The zero-order chi connectivity index (χ0) is 15.4. The molecule has 6 heteroatoms. The van der Waals surface area contributed by atoms with Gasteiger partial charge in [0.2, 0.25) is 0 Å². The fraction of sp³-hybridized carbons (Fsp3) is 0.688. The number of thiophene rings is 1. The van der Waals surface area contributed by atoms with Gasteiger partial charge in [0.1, 0.15) is 0 Å². The minimum Gasteiger partial charge on any atom is -0.379 e. The minimum atomic E-state index is 0.156. The maximum atomic E-state index is 12.7. The van der Waals surface area contributed by atoms with Crippen LogP contribution in [0.15, 0.2) is 12.1 Å². The maximum absolute atomic E-state index is 12.7. The maximum Gasteiger partial charge on any atom is 0.264 e. The smallest absolute Gasteiger partial charge is 0.264 e. The molecule has 2 saturated heterocycles. The van der Waals surface area contributed by atoms with Crippen molar-refractivity contribution in [2.45, 2.75) is 31.7 Å². The molecule has 2 aliphatic rings. The van der Waals surface area contributed by atoms with Gasteiger partial charge in [0.05, 0.1) is 22.4 Å². The second kappa shape index (κ2) is 7.77. The third-order valence-electron chi connectivity index (χ3n) is 4.55. The summed E-state index contributed by atoms with van der Waals surface area (Å²) in [7, 11) is 0. The number of carbonyl (C=O) groups is 1. The summed E-state index contributed by atoms with van der Waals surface area (Å²) in [5, 5.41) is 0. The molecule has 2 aliphatic heterocycles. The van der Waals surface area contributed by atoms with Crippen LogP contribution in [0.25, 0.3) is 0 Å². The molecule has 1 aromatic heterocycles. The molecule has 0 saturated carbocycles. The summed E-state index contributed by atoms with van der Waals surface area (Å²) >= 11 is 7.36. The molecule has 1 unspecified atom stereocenters. The fourth-order valence-corrected chi connectivity index (χ4v) is 4.29. The predicted octanol–water partition coefficient (Wildman–Crippen LogP) is 3.12. The molecule has 0 spiro atoms. The number of hydrogen-bond acceptors (Lipinski definition) is 4. The van der Waals surface area contributed by atoms with Gasteiger partial charge >= 0.3 is 0 Å². The molecule has 4 nitrogen and oxygen atoms in total. The van der Waals surface area contributed by atoms with E-state index in [1.54, 1.807) is 0 Å². The summed E-state index contributed by atoms with van der Waals surface area (Å²) in [5.41, 5.74) is 0. The fourth-order valence-electron chi connectivity index (χ4n) is 3.30. The van der Waals surface area contributed by atoms with Crippen molar-refractivity contribution in [2.75, 3.05) is 39.4 Å². The third-order valence-corrected chi connectivity index (χ3v) is 5.77. The summed E-state index contributed by atoms with van der Waals surface area (Å²) in [4.78, 5) is 18.0. The van der Waals surface area contributed by atoms with Crippen molar-refractivity contribution in [3.63, 3.8) is 0 Å². The highest BCUT2D eigenvalue weighted by Crippen LogP contribution is 2.27. The third kappa shape index (κ3) is 4.02. The van der Waals surface area contributed by atoms with Crippen LogP contribution in [0.2, 0.25) is 4.34 Å². The van der Waals surface area contributed by atoms with E-state index in [0.29, 0.717) is 10.4 Å². The lowest BCUT2D eigenvalue weighted by atomic mass is 9.98. The standard InChI is InChI=1S/C16H23ClN2O2S/c17-15-5-4-14(22-15)16(20)19-7-2-1-3-13(19)6-8-18-9-11-21-12-10-18/h4-5,13H,1-3,6-12H2. The first-order chi connectivity index (χ1) is 10.7. The Bertz CT molecular complexity index is 502. The van der Waals surface area contributed by atoms with E-state index >= 15 is 0 Å². The molecule has 0 N–H and O–H groups in total. The number of morpholine rings is 1. The van der Waals surface area contributed by atoms with Crippen molar-refractivity contribution in [2.24, 2.45) is 0 Å². The van der Waals surface area contributed by atoms with Gasteiger partial charge in [0.25, 0.3) is 5.91 Å². The molecular weight excluding hydrogens is 320 g/mol. The number of likely N-dealkylation sites (tertiary alicyclic amines) is 1. The molecule has 0 aliphatic carbocycles. The number of nitrogens with zero attached hydrogens (tertiary/aromatic N) is 2. The summed E-state index contributed by atoms with van der Waals surface area (Å²) < 4.78 is 6.08. The molecule has 1 aromatic rings. The van der Waals surface area contributed by atoms with Crippen molar-refractivity contribution in [3.05, 3.63) is 21.3 Å². The summed E-state index contributed by atoms with van der Waals surface area (Å²) in [6.07, 6.45) is 4.52. The van der Waals surface area contributed by atoms with Gasteiger partial charge in [0.15, 0.2) is 0 Å². The van der Waals surface area contributed by atoms with Crippen molar-refractivity contribution < 1.29 is 9.53 Å². The van der Waals surface area contributed by atoms with Crippen LogP contribution < -0.4 is 0 Å². The summed E-state index contributed by atoms with van der Waals surface area (Å²) in [5.74, 6) is 0.156. The van der Waals surface area contributed by atoms with Crippen molar-refractivity contribution in [1.29, 1.82) is 0 Å². The van der Waals surface area contributed by atoms with Gasteiger partial charge in [-0.3, -0.25) is 9.69 Å². The van der Waals surface area contributed by atoms with Gasteiger partial charge in [-0.25, -0.2) is 0 Å². The Kier molecular flexibility index (Phi) is 5.74. The van der Waals surface area contributed by atoms with E-state index in [-0.39, 0.29) is 5.91 Å². The zero-order valence-electron chi connectivity index (χ0n) is 12.8. The van der Waals surface area contributed by atoms with E-state index in [4.69, 9.17) is 16.3 Å². The van der Waals surface area contributed by atoms with Crippen LogP contribution in [0.5, 0.6) is 0 Å². The summed E-state index contributed by atoms with van der Waals surface area (Å²) in [6, 6.07) is 4.03. The second-order valence-electron chi connectivity index (χ2n) is 5.99. The van der Waals surface area contributed by atoms with Crippen LogP contribution in [-0.4, -0.2) is 61.1 Å². The van der Waals surface area contributed by atoms with Crippen molar-refractivity contribution in [3.8, 4) is 0 Å². The molecule has 2 fully saturated rings. The monoisotopic (exact) mass is 342 g/mol. The van der Waals surface area contributed by atoms with Gasteiger partial charge in [0, 0.05) is 32.2 Å². The predicted molar refractivity (Wildman–Crippen MR) is 89.9 cm³/mol. The normalized spacial score (nSPS) is 23.7. The largest absolute Gasteiger partial charge is 0.379 e. The van der Waals surface area contributed by atoms with Gasteiger partial charge in [-0.1, -0.05) is 11.6 Å². The molecule has 0 aromatic carbocycles. The summed E-state index contributed by atoms with van der Waals surface area (Å²) in [6.45, 7) is 5.63. The lowest BCUT2D eigenvalue weighted by Crippen LogP contribution is -2.46. The Morgan fingerprint density at radius 2 is 2.09 bits per heavy atom. The van der Waals surface area contributed by atoms with Gasteiger partial charge < -0.3 is 9.64 Å². The van der Waals surface area contributed by atoms with E-state index < -0.39 is 0 Å². The Morgan fingerprint density at radius 3 is 2.82 bits per heavy atom. The average Bonchev–Trinajstić information content (AvgIpc) is 3.00. The molecular formula is C16H23ClN2O2S. The molecule has 22 heavy (non-hydrogen) atoms. The lowest BCUT2D eigenvalue weighted by molar-refractivity contribution is 0.0296. The number of piperidine rings is 1. The molecule has 1 atom stereocenters. The number of hydrogen-bond donors (Lipinski definition) is 0. The Balaban J connectivity index is 1.59. The van der Waals surface area contributed by atoms with Crippen molar-refractivity contribution in [1.82, 2.24) is 9.80 Å². The number of rotatable bonds is 4. The number of carbonyl (C=O) groups excluding carboxylic acids is 1. The van der Waals surface area contributed by atoms with Crippen LogP contribution in [-0.2, 0) is 4.74 Å². The van der Waals surface area contributed by atoms with E-state index in [0.717, 1.165) is 63.5 Å². The Morgan fingerprint density at radius 1 is 1.27 bits per heavy atom. The average molecular weight is 343 g/mol. The van der Waals surface area contributed by atoms with Crippen LogP contribution in [0.3, 0.4) is 0 Å². The van der Waals surface area contributed by atoms with E-state index in [1.807, 2.05) is 12.1 Å². The van der Waals surface area contributed by atoms with Crippen LogP contribution in [0.4, 0.5) is 0 Å². The number of ether oxygens (including phenoxy) is 1. The highest BCUT2D eigenvalue weighted by atomic mass is 35.5. The number of amides is 1. The zero-order valence-corrected chi connectivity index (χ0v) is 14.4. The lowest BCUT2D eigenvalue weighted by Gasteiger charge is -2.37. The van der Waals surface area contributed by atoms with Crippen LogP contribution in [0.1, 0.15) is 35.4 Å². The van der Waals surface area contributed by atoms with Crippen LogP contribution in [0, 0.1) is 0 Å². The first-order valence-corrected chi connectivity index (χ1v) is 9.30. The van der Waals surface area contributed by atoms with Crippen molar-refractivity contribution >= 4 is 28.8 Å². The molecule has 3 rings (SSSR count). The highest BCUT2D eigenvalue weighted by Gasteiger charge is 2.28. The van der Waals surface area contributed by atoms with Gasteiger partial charge in [-0.2, -0.15) is 0 Å². The van der Waals surface area contributed by atoms with Gasteiger partial charge in [-0.15, -0.1) is 11.3 Å². The Hall–Kier alpha value is -0.620. The molecule has 3 heterocycles.